The first-order chi connectivity index (χ1) is 25.1. The van der Waals surface area contributed by atoms with Crippen LogP contribution in [0, 0.1) is 33.3 Å². The molecule has 0 aromatic heterocycles. The Balaban J connectivity index is -0.000000734. The molecule has 1 rings (SSSR count). The molecule has 0 saturated carbocycles. The minimum atomic E-state index is -2.32. The topological polar surface area (TPSA) is 146 Å². The molecule has 3 atom stereocenters. The van der Waals surface area contributed by atoms with E-state index in [1.165, 1.54) is 0 Å². The molecule has 1 aliphatic rings. The Kier molecular flexibility index (Phi) is 36.0. The van der Waals surface area contributed by atoms with Crippen molar-refractivity contribution >= 4 is 29.5 Å². The molecule has 0 saturated heterocycles. The molecule has 0 unspecified atom stereocenters. The SMILES string of the molecule is CO[C](=[Cr])C1=C[C@@H](O[Si](C(C)C)(C(C)C)C(C)C)[C@H](O[Si](C(C)C)(C(C)C)C(C)C)[C@@H](CO[Si](C(C)C)(C(C)C)C(C)C)O1.[C-]#[O+].[C-]#[O+].[C-]#[O+].[C-]#[O+].[C-]#[O+]. The third-order valence-corrected chi connectivity index (χ3v) is 29.8. The van der Waals surface area contributed by atoms with Crippen LogP contribution >= 0.6 is 0 Å². The molecule has 0 fully saturated rings. The fourth-order valence-electron chi connectivity index (χ4n) is 9.33. The van der Waals surface area contributed by atoms with Gasteiger partial charge in [0.25, 0.3) is 0 Å². The van der Waals surface area contributed by atoms with Crippen LogP contribution in [0.3, 0.4) is 0 Å². The normalized spacial score (nSPS) is 17.1. The Bertz CT molecular complexity index is 1050. The number of hydrogen-bond acceptors (Lipinski definition) is 5. The summed E-state index contributed by atoms with van der Waals surface area (Å²) in [7, 11) is -5.08. The quantitative estimate of drug-likeness (QED) is 0.0766. The standard InChI is InChI=1S/C35H72O5Si3.5CO.Cr/c1-23(2)41(24(3)4,25(5)6)37-22-34-35(40-43(29(13)14,30(15)16)31(17)18)33(20-32(38-34)21-36-19)39-42(26(7)8,27(9)10)28(11)12;5*1-2;/h20,23-31,33-35H,22H2,1-19H3;;;;;;/t33-,34-,35+;;;;;;/m1....../s1. The van der Waals surface area contributed by atoms with Crippen molar-refractivity contribution in [3.05, 3.63) is 45.1 Å². The van der Waals surface area contributed by atoms with Gasteiger partial charge in [-0.25, -0.2) is 0 Å². The molecule has 0 spiro atoms. The van der Waals surface area contributed by atoms with Gasteiger partial charge in [-0.05, 0) is 0 Å². The van der Waals surface area contributed by atoms with Crippen LogP contribution in [-0.4, -0.2) is 61.5 Å². The summed E-state index contributed by atoms with van der Waals surface area (Å²) >= 11 is 3.11. The summed E-state index contributed by atoms with van der Waals surface area (Å²) in [4.78, 5) is 0. The van der Waals surface area contributed by atoms with E-state index >= 15 is 0 Å². The fraction of sp³-hybridized carbons (Fsp3) is 0.800. The van der Waals surface area contributed by atoms with Gasteiger partial charge in [0.1, 0.15) is 0 Å². The predicted molar refractivity (Wildman–Crippen MR) is 213 cm³/mol. The minimum absolute atomic E-state index is 0.263. The van der Waals surface area contributed by atoms with Crippen molar-refractivity contribution in [1.29, 1.82) is 0 Å². The predicted octanol–water partition coefficient (Wildman–Crippen LogP) is 10.7. The first-order valence-electron chi connectivity index (χ1n) is 18.6. The summed E-state index contributed by atoms with van der Waals surface area (Å²) in [5.74, 6) is 0.710. The summed E-state index contributed by atoms with van der Waals surface area (Å²) in [6.45, 7) is 65.4. The zero-order chi connectivity index (χ0) is 44.5. The molecule has 0 N–H and O–H groups in total. The van der Waals surface area contributed by atoms with Crippen molar-refractivity contribution in [1.82, 2.24) is 0 Å². The molecule has 1 heterocycles. The first-order valence-corrected chi connectivity index (χ1v) is 25.6. The summed E-state index contributed by atoms with van der Waals surface area (Å²) in [5, 5.41) is 0. The molecule has 0 aromatic carbocycles. The van der Waals surface area contributed by atoms with E-state index in [0.717, 1.165) is 0 Å². The molecule has 0 radical (unpaired) electrons. The third-order valence-electron chi connectivity index (χ3n) is 11.0. The molecule has 1 aliphatic heterocycles. The second-order valence-electron chi connectivity index (χ2n) is 16.1. The molecule has 0 bridgehead atoms. The van der Waals surface area contributed by atoms with E-state index in [-0.39, 0.29) is 18.3 Å². The molecule has 14 heteroatoms. The van der Waals surface area contributed by atoms with Crippen molar-refractivity contribution in [2.45, 2.75) is 193 Å². The van der Waals surface area contributed by atoms with Gasteiger partial charge in [-0.1, -0.05) is 0 Å². The molecule has 310 valence electrons. The van der Waals surface area contributed by atoms with Gasteiger partial charge in [0.15, 0.2) is 0 Å². The van der Waals surface area contributed by atoms with Gasteiger partial charge in [-0.15, -0.1) is 0 Å². The van der Waals surface area contributed by atoms with E-state index in [0.29, 0.717) is 66.8 Å². The Morgan fingerprint density at radius 3 is 1.09 bits per heavy atom. The van der Waals surface area contributed by atoms with Crippen molar-refractivity contribution in [3.63, 3.8) is 0 Å². The number of methoxy groups -OCH3 is 1. The molecule has 0 amide bonds. The van der Waals surface area contributed by atoms with Gasteiger partial charge in [0, 0.05) is 0 Å². The van der Waals surface area contributed by atoms with E-state index in [4.69, 9.17) is 46.0 Å². The Labute approximate surface area is 341 Å². The average molecular weight is 849 g/mol. The van der Waals surface area contributed by atoms with Gasteiger partial charge in [-0.3, -0.25) is 0 Å². The zero-order valence-electron chi connectivity index (χ0n) is 36.7. The van der Waals surface area contributed by atoms with Crippen LogP contribution in [0.25, 0.3) is 0 Å². The van der Waals surface area contributed by atoms with Crippen molar-refractivity contribution in [2.75, 3.05) is 13.7 Å². The van der Waals surface area contributed by atoms with Crippen LogP contribution < -0.4 is 0 Å². The zero-order valence-corrected chi connectivity index (χ0v) is 41.0. The van der Waals surface area contributed by atoms with Crippen molar-refractivity contribution in [2.24, 2.45) is 0 Å². The summed E-state index contributed by atoms with van der Waals surface area (Å²) in [6, 6.07) is 0. The first kappa shape index (κ1) is 62.3. The second kappa shape index (κ2) is 31.2. The maximum absolute atomic E-state index is 7.72. The monoisotopic (exact) mass is 848 g/mol. The van der Waals surface area contributed by atoms with Gasteiger partial charge in [0.05, 0.1) is 0 Å². The van der Waals surface area contributed by atoms with Gasteiger partial charge in [-0.2, -0.15) is 0 Å². The Morgan fingerprint density at radius 2 is 0.833 bits per heavy atom. The van der Waals surface area contributed by atoms with E-state index in [9.17, 15) is 0 Å². The molecule has 54 heavy (non-hydrogen) atoms. The average Bonchev–Trinajstić information content (AvgIpc) is 3.12. The second-order valence-corrected chi connectivity index (χ2v) is 33.0. The number of ether oxygens (including phenoxy) is 2. The van der Waals surface area contributed by atoms with E-state index < -0.39 is 25.0 Å². The van der Waals surface area contributed by atoms with Crippen LogP contribution in [0.2, 0.25) is 49.9 Å². The van der Waals surface area contributed by atoms with Crippen LogP contribution in [0.1, 0.15) is 125 Å². The van der Waals surface area contributed by atoms with Crippen molar-refractivity contribution < 1.29 is 61.9 Å². The summed E-state index contributed by atoms with van der Waals surface area (Å²) in [5.41, 5.74) is 4.09. The Hall–Kier alpha value is -0.867. The van der Waals surface area contributed by atoms with E-state index in [2.05, 4.69) is 180 Å². The van der Waals surface area contributed by atoms with Crippen LogP contribution in [0.4, 0.5) is 0 Å². The molecular weight excluding hydrogens is 777 g/mol. The molecule has 0 aliphatic carbocycles. The Morgan fingerprint density at radius 1 is 0.556 bits per heavy atom. The van der Waals surface area contributed by atoms with Crippen LogP contribution in [0.15, 0.2) is 11.8 Å². The third kappa shape index (κ3) is 15.5. The summed E-state index contributed by atoms with van der Waals surface area (Å²) < 4.78 is 73.4. The fourth-order valence-corrected chi connectivity index (χ4v) is 26.0. The number of hydrogen-bond donors (Lipinski definition) is 0. The molecule has 0 aromatic rings. The van der Waals surface area contributed by atoms with Crippen molar-refractivity contribution in [3.8, 4) is 0 Å². The molecule has 10 nitrogen and oxygen atoms in total. The van der Waals surface area contributed by atoms with Gasteiger partial charge in [0.2, 0.25) is 0 Å². The maximum atomic E-state index is 7.72. The number of rotatable bonds is 18. The van der Waals surface area contributed by atoms with E-state index in [1.54, 1.807) is 7.11 Å². The van der Waals surface area contributed by atoms with Gasteiger partial charge >= 0.3 is 343 Å². The summed E-state index contributed by atoms with van der Waals surface area (Å²) in [6.07, 6.45) is 1.30. The van der Waals surface area contributed by atoms with Gasteiger partial charge < -0.3 is 0 Å². The van der Waals surface area contributed by atoms with Crippen LogP contribution in [-0.2, 0) is 61.9 Å². The molecular formula is C40H72CrO10Si3. The van der Waals surface area contributed by atoms with Crippen LogP contribution in [0.5, 0.6) is 0 Å². The van der Waals surface area contributed by atoms with E-state index in [1.807, 2.05) is 0 Å².